The van der Waals surface area contributed by atoms with Gasteiger partial charge >= 0.3 is 0 Å². The van der Waals surface area contributed by atoms with Crippen LogP contribution in [0.5, 0.6) is 5.75 Å². The van der Waals surface area contributed by atoms with E-state index in [1.807, 2.05) is 25.1 Å². The predicted molar refractivity (Wildman–Crippen MR) is 55.8 cm³/mol. The minimum atomic E-state index is 0.0612. The zero-order valence-electron chi connectivity index (χ0n) is 8.55. The highest BCUT2D eigenvalue weighted by molar-refractivity contribution is 5.75. The van der Waals surface area contributed by atoms with E-state index in [0.29, 0.717) is 13.2 Å². The standard InChI is InChI=1S/C10H13N3O2/c1-2-15-8-3-4-10-9(7-8)11-12-13(10)5-6-14/h3-4,7,14H,2,5-6H2,1H3. The first kappa shape index (κ1) is 9.92. The number of aromatic nitrogens is 3. The number of benzene rings is 1. The lowest BCUT2D eigenvalue weighted by Crippen LogP contribution is -2.03. The van der Waals surface area contributed by atoms with Gasteiger partial charge in [-0.3, -0.25) is 0 Å². The molecule has 0 fully saturated rings. The zero-order chi connectivity index (χ0) is 10.7. The van der Waals surface area contributed by atoms with Crippen LogP contribution in [0.15, 0.2) is 18.2 Å². The van der Waals surface area contributed by atoms with Gasteiger partial charge in [-0.25, -0.2) is 4.68 Å². The maximum Gasteiger partial charge on any atom is 0.121 e. The number of ether oxygens (including phenoxy) is 1. The van der Waals surface area contributed by atoms with E-state index in [4.69, 9.17) is 9.84 Å². The molecule has 2 rings (SSSR count). The molecule has 1 heterocycles. The van der Waals surface area contributed by atoms with Crippen molar-refractivity contribution in [3.63, 3.8) is 0 Å². The average Bonchev–Trinajstić information content (AvgIpc) is 2.62. The largest absolute Gasteiger partial charge is 0.494 e. The second-order valence-corrected chi connectivity index (χ2v) is 3.12. The van der Waals surface area contributed by atoms with Gasteiger partial charge in [0.05, 0.1) is 25.3 Å². The van der Waals surface area contributed by atoms with Gasteiger partial charge in [-0.1, -0.05) is 5.21 Å². The predicted octanol–water partition coefficient (Wildman–Crippen LogP) is 0.822. The molecule has 0 amide bonds. The fourth-order valence-electron chi connectivity index (χ4n) is 1.47. The summed E-state index contributed by atoms with van der Waals surface area (Å²) in [7, 11) is 0. The number of nitrogens with zero attached hydrogens (tertiary/aromatic N) is 3. The van der Waals surface area contributed by atoms with Crippen molar-refractivity contribution in [2.24, 2.45) is 0 Å². The molecule has 0 radical (unpaired) electrons. The Balaban J connectivity index is 2.38. The summed E-state index contributed by atoms with van der Waals surface area (Å²) < 4.78 is 7.03. The van der Waals surface area contributed by atoms with Crippen LogP contribution in [0.2, 0.25) is 0 Å². The Morgan fingerprint density at radius 2 is 2.33 bits per heavy atom. The van der Waals surface area contributed by atoms with Crippen molar-refractivity contribution in [1.82, 2.24) is 15.0 Å². The Hall–Kier alpha value is -1.62. The number of hydrogen-bond donors (Lipinski definition) is 1. The maximum absolute atomic E-state index is 8.82. The molecule has 5 nitrogen and oxygen atoms in total. The monoisotopic (exact) mass is 207 g/mol. The molecule has 80 valence electrons. The van der Waals surface area contributed by atoms with Crippen molar-refractivity contribution in [3.8, 4) is 5.75 Å². The summed E-state index contributed by atoms with van der Waals surface area (Å²) >= 11 is 0. The molecular formula is C10H13N3O2. The van der Waals surface area contributed by atoms with Crippen LogP contribution in [-0.2, 0) is 6.54 Å². The van der Waals surface area contributed by atoms with Gasteiger partial charge in [-0.2, -0.15) is 0 Å². The van der Waals surface area contributed by atoms with Gasteiger partial charge in [-0.05, 0) is 19.1 Å². The van der Waals surface area contributed by atoms with Crippen LogP contribution in [-0.4, -0.2) is 33.3 Å². The fourth-order valence-corrected chi connectivity index (χ4v) is 1.47. The summed E-state index contributed by atoms with van der Waals surface area (Å²) in [6, 6.07) is 5.62. The Kier molecular flexibility index (Phi) is 2.82. The zero-order valence-corrected chi connectivity index (χ0v) is 8.55. The minimum Gasteiger partial charge on any atom is -0.494 e. The summed E-state index contributed by atoms with van der Waals surface area (Å²) in [5.74, 6) is 0.793. The van der Waals surface area contributed by atoms with Crippen molar-refractivity contribution in [3.05, 3.63) is 18.2 Å². The van der Waals surface area contributed by atoms with Crippen LogP contribution in [0.3, 0.4) is 0 Å². The van der Waals surface area contributed by atoms with E-state index in [2.05, 4.69) is 10.3 Å². The summed E-state index contributed by atoms with van der Waals surface area (Å²) in [4.78, 5) is 0. The maximum atomic E-state index is 8.82. The van der Waals surface area contributed by atoms with Crippen LogP contribution in [0.4, 0.5) is 0 Å². The molecule has 5 heteroatoms. The van der Waals surface area contributed by atoms with Gasteiger partial charge in [0, 0.05) is 6.07 Å². The number of aliphatic hydroxyl groups excluding tert-OH is 1. The normalized spacial score (nSPS) is 10.8. The van der Waals surface area contributed by atoms with Crippen LogP contribution in [0, 0.1) is 0 Å². The fraction of sp³-hybridized carbons (Fsp3) is 0.400. The van der Waals surface area contributed by atoms with Crippen LogP contribution in [0.25, 0.3) is 11.0 Å². The molecule has 0 aliphatic carbocycles. The van der Waals surface area contributed by atoms with Gasteiger partial charge in [0.15, 0.2) is 0 Å². The Labute approximate surface area is 87.3 Å². The lowest BCUT2D eigenvalue weighted by Gasteiger charge is -2.02. The summed E-state index contributed by atoms with van der Waals surface area (Å²) in [6.07, 6.45) is 0. The molecule has 0 bridgehead atoms. The number of fused-ring (bicyclic) bond motifs is 1. The molecule has 0 spiro atoms. The average molecular weight is 207 g/mol. The number of rotatable bonds is 4. The molecule has 15 heavy (non-hydrogen) atoms. The molecular weight excluding hydrogens is 194 g/mol. The molecule has 0 atom stereocenters. The van der Waals surface area contributed by atoms with Gasteiger partial charge in [0.1, 0.15) is 11.3 Å². The van der Waals surface area contributed by atoms with E-state index in [0.717, 1.165) is 16.8 Å². The van der Waals surface area contributed by atoms with E-state index >= 15 is 0 Å². The lowest BCUT2D eigenvalue weighted by molar-refractivity contribution is 0.270. The molecule has 0 unspecified atom stereocenters. The van der Waals surface area contributed by atoms with Gasteiger partial charge in [0.2, 0.25) is 0 Å². The third-order valence-electron chi connectivity index (χ3n) is 2.11. The summed E-state index contributed by atoms with van der Waals surface area (Å²) in [6.45, 7) is 3.10. The van der Waals surface area contributed by atoms with E-state index in [1.54, 1.807) is 4.68 Å². The highest BCUT2D eigenvalue weighted by Crippen LogP contribution is 2.18. The van der Waals surface area contributed by atoms with E-state index in [9.17, 15) is 0 Å². The first-order valence-corrected chi connectivity index (χ1v) is 4.92. The molecule has 2 aromatic rings. The van der Waals surface area contributed by atoms with Gasteiger partial charge < -0.3 is 9.84 Å². The topological polar surface area (TPSA) is 60.2 Å². The Morgan fingerprint density at radius 1 is 1.47 bits per heavy atom. The van der Waals surface area contributed by atoms with E-state index in [1.165, 1.54) is 0 Å². The molecule has 0 aliphatic heterocycles. The van der Waals surface area contributed by atoms with Crippen molar-refractivity contribution in [2.75, 3.05) is 13.2 Å². The lowest BCUT2D eigenvalue weighted by atomic mass is 10.3. The third kappa shape index (κ3) is 1.92. The summed E-state index contributed by atoms with van der Waals surface area (Å²) in [5, 5.41) is 16.8. The molecule has 1 aromatic heterocycles. The van der Waals surface area contributed by atoms with Crippen LogP contribution in [0.1, 0.15) is 6.92 Å². The van der Waals surface area contributed by atoms with Gasteiger partial charge in [-0.15, -0.1) is 5.10 Å². The molecule has 0 saturated carbocycles. The highest BCUT2D eigenvalue weighted by atomic mass is 16.5. The van der Waals surface area contributed by atoms with E-state index < -0.39 is 0 Å². The number of aliphatic hydroxyl groups is 1. The van der Waals surface area contributed by atoms with Gasteiger partial charge in [0.25, 0.3) is 0 Å². The molecule has 0 saturated heterocycles. The minimum absolute atomic E-state index is 0.0612. The van der Waals surface area contributed by atoms with Crippen LogP contribution < -0.4 is 4.74 Å². The molecule has 1 aromatic carbocycles. The first-order chi connectivity index (χ1) is 7.35. The Bertz CT molecular complexity index is 453. The van der Waals surface area contributed by atoms with Crippen molar-refractivity contribution >= 4 is 11.0 Å². The SMILES string of the molecule is CCOc1ccc2c(c1)nnn2CCO. The number of hydrogen-bond acceptors (Lipinski definition) is 4. The second kappa shape index (κ2) is 4.27. The van der Waals surface area contributed by atoms with Crippen molar-refractivity contribution < 1.29 is 9.84 Å². The van der Waals surface area contributed by atoms with Crippen molar-refractivity contribution in [2.45, 2.75) is 13.5 Å². The first-order valence-electron chi connectivity index (χ1n) is 4.92. The third-order valence-corrected chi connectivity index (χ3v) is 2.11. The quantitative estimate of drug-likeness (QED) is 0.806. The van der Waals surface area contributed by atoms with Crippen molar-refractivity contribution in [1.29, 1.82) is 0 Å². The smallest absolute Gasteiger partial charge is 0.121 e. The highest BCUT2D eigenvalue weighted by Gasteiger charge is 2.04. The molecule has 0 aliphatic rings. The molecule has 1 N–H and O–H groups in total. The van der Waals surface area contributed by atoms with Crippen LogP contribution >= 0.6 is 0 Å². The second-order valence-electron chi connectivity index (χ2n) is 3.12. The Morgan fingerprint density at radius 3 is 3.07 bits per heavy atom. The van der Waals surface area contributed by atoms with E-state index in [-0.39, 0.29) is 6.61 Å². The summed E-state index contributed by atoms with van der Waals surface area (Å²) in [5.41, 5.74) is 1.70.